The van der Waals surface area contributed by atoms with E-state index in [4.69, 9.17) is 0 Å². The summed E-state index contributed by atoms with van der Waals surface area (Å²) in [5.41, 5.74) is 1.67. The zero-order valence-electron chi connectivity index (χ0n) is 9.94. The molecule has 0 bridgehead atoms. The third kappa shape index (κ3) is 2.14. The Labute approximate surface area is 117 Å². The van der Waals surface area contributed by atoms with E-state index in [1.807, 2.05) is 0 Å². The van der Waals surface area contributed by atoms with Crippen LogP contribution in [0.15, 0.2) is 35.5 Å². The van der Waals surface area contributed by atoms with Crippen LogP contribution in [-0.4, -0.2) is 25.1 Å². The van der Waals surface area contributed by atoms with Crippen molar-refractivity contribution in [3.8, 4) is 0 Å². The molecule has 0 spiro atoms. The largest absolute Gasteiger partial charge is 0.339 e. The number of rotatable bonds is 3. The fourth-order valence-corrected chi connectivity index (χ4v) is 2.03. The van der Waals surface area contributed by atoms with Crippen molar-refractivity contribution in [3.05, 3.63) is 40.7 Å². The molecule has 0 saturated carbocycles. The number of nitro groups is 1. The Morgan fingerprint density at radius 3 is 2.85 bits per heavy atom. The summed E-state index contributed by atoms with van der Waals surface area (Å²) >= 11 is 4.10. The smallest absolute Gasteiger partial charge is 0.282 e. The standard InChI is InChI=1S/C11H8N6O2S/c18-17(19)7-2-1-6(5-8(7)20)14-11-9-10(15-16-11)13-4-3-12-9/h1-5,20H,(H2,13,14,15,16). The van der Waals surface area contributed by atoms with Crippen LogP contribution in [0.2, 0.25) is 0 Å². The van der Waals surface area contributed by atoms with Gasteiger partial charge >= 0.3 is 0 Å². The van der Waals surface area contributed by atoms with Crippen molar-refractivity contribution in [1.82, 2.24) is 20.2 Å². The Hall–Kier alpha value is -2.68. The molecule has 0 aliphatic heterocycles. The molecule has 8 nitrogen and oxygen atoms in total. The fraction of sp³-hybridized carbons (Fsp3) is 0. The zero-order valence-corrected chi connectivity index (χ0v) is 10.8. The summed E-state index contributed by atoms with van der Waals surface area (Å²) in [5, 5.41) is 20.5. The van der Waals surface area contributed by atoms with Crippen LogP contribution in [0.3, 0.4) is 0 Å². The Morgan fingerprint density at radius 1 is 1.30 bits per heavy atom. The summed E-state index contributed by atoms with van der Waals surface area (Å²) < 4.78 is 0. The molecule has 0 amide bonds. The number of H-pyrrole nitrogens is 1. The number of hydrogen-bond acceptors (Lipinski definition) is 7. The molecule has 3 aromatic rings. The summed E-state index contributed by atoms with van der Waals surface area (Å²) in [7, 11) is 0. The van der Waals surface area contributed by atoms with Gasteiger partial charge in [-0.05, 0) is 12.1 Å². The monoisotopic (exact) mass is 288 g/mol. The molecule has 2 aromatic heterocycles. The maximum absolute atomic E-state index is 10.7. The normalized spacial score (nSPS) is 10.7. The van der Waals surface area contributed by atoms with Crippen molar-refractivity contribution >= 4 is 41.0 Å². The van der Waals surface area contributed by atoms with Gasteiger partial charge < -0.3 is 5.32 Å². The number of nitrogens with one attached hydrogen (secondary N) is 2. The van der Waals surface area contributed by atoms with E-state index in [0.717, 1.165) is 0 Å². The number of benzene rings is 1. The van der Waals surface area contributed by atoms with Gasteiger partial charge in [-0.2, -0.15) is 5.10 Å². The molecule has 0 aliphatic carbocycles. The Bertz CT molecular complexity index is 802. The first kappa shape index (κ1) is 12.4. The third-order valence-electron chi connectivity index (χ3n) is 2.63. The molecule has 0 atom stereocenters. The molecule has 100 valence electrons. The predicted octanol–water partition coefficient (Wildman–Crippen LogP) is 2.29. The lowest BCUT2D eigenvalue weighted by Gasteiger charge is -2.04. The van der Waals surface area contributed by atoms with E-state index in [-0.39, 0.29) is 10.6 Å². The summed E-state index contributed by atoms with van der Waals surface area (Å²) in [5.74, 6) is 0.565. The second-order valence-corrected chi connectivity index (χ2v) is 4.39. The van der Waals surface area contributed by atoms with Crippen LogP contribution in [0.4, 0.5) is 17.2 Å². The third-order valence-corrected chi connectivity index (χ3v) is 2.99. The highest BCUT2D eigenvalue weighted by atomic mass is 32.1. The first-order valence-electron chi connectivity index (χ1n) is 5.54. The van der Waals surface area contributed by atoms with E-state index in [9.17, 15) is 10.1 Å². The van der Waals surface area contributed by atoms with E-state index in [1.165, 1.54) is 6.07 Å². The lowest BCUT2D eigenvalue weighted by atomic mass is 10.3. The first-order chi connectivity index (χ1) is 9.65. The lowest BCUT2D eigenvalue weighted by Crippen LogP contribution is -1.94. The molecule has 3 rings (SSSR count). The van der Waals surface area contributed by atoms with E-state index >= 15 is 0 Å². The van der Waals surface area contributed by atoms with Crippen LogP contribution < -0.4 is 5.32 Å². The van der Waals surface area contributed by atoms with Crippen LogP contribution in [-0.2, 0) is 0 Å². The average Bonchev–Trinajstić information content (AvgIpc) is 2.82. The Kier molecular flexibility index (Phi) is 2.95. The van der Waals surface area contributed by atoms with Crippen molar-refractivity contribution < 1.29 is 4.92 Å². The number of aromatic nitrogens is 4. The van der Waals surface area contributed by atoms with Crippen LogP contribution in [0.1, 0.15) is 0 Å². The number of nitro benzene ring substituents is 1. The molecule has 1 aromatic carbocycles. The molecule has 0 radical (unpaired) electrons. The Morgan fingerprint density at radius 2 is 2.10 bits per heavy atom. The van der Waals surface area contributed by atoms with Gasteiger partial charge in [0.1, 0.15) is 0 Å². The van der Waals surface area contributed by atoms with Gasteiger partial charge in [-0.3, -0.25) is 15.2 Å². The first-order valence-corrected chi connectivity index (χ1v) is 5.99. The number of nitrogens with zero attached hydrogens (tertiary/aromatic N) is 4. The van der Waals surface area contributed by atoms with E-state index in [2.05, 4.69) is 38.1 Å². The van der Waals surface area contributed by atoms with Gasteiger partial charge in [-0.15, -0.1) is 12.6 Å². The second-order valence-electron chi connectivity index (χ2n) is 3.91. The average molecular weight is 288 g/mol. The second kappa shape index (κ2) is 4.78. The van der Waals surface area contributed by atoms with E-state index in [1.54, 1.807) is 24.5 Å². The molecule has 2 heterocycles. The number of thiol groups is 1. The van der Waals surface area contributed by atoms with Gasteiger partial charge in [-0.25, -0.2) is 9.97 Å². The molecular formula is C11H8N6O2S. The van der Waals surface area contributed by atoms with Crippen molar-refractivity contribution in [2.45, 2.75) is 4.90 Å². The molecule has 0 fully saturated rings. The van der Waals surface area contributed by atoms with Crippen molar-refractivity contribution in [3.63, 3.8) is 0 Å². The molecule has 9 heteroatoms. The minimum Gasteiger partial charge on any atom is -0.339 e. The number of aromatic amines is 1. The number of hydrogen-bond donors (Lipinski definition) is 3. The zero-order chi connectivity index (χ0) is 14.1. The van der Waals surface area contributed by atoms with Crippen LogP contribution in [0.5, 0.6) is 0 Å². The van der Waals surface area contributed by atoms with Crippen LogP contribution >= 0.6 is 12.6 Å². The van der Waals surface area contributed by atoms with Crippen molar-refractivity contribution in [2.75, 3.05) is 5.32 Å². The van der Waals surface area contributed by atoms with E-state index in [0.29, 0.717) is 22.7 Å². The summed E-state index contributed by atoms with van der Waals surface area (Å²) in [4.78, 5) is 18.7. The SMILES string of the molecule is O=[N+]([O-])c1ccc(Nc2[nH]nc3nccnc23)cc1S. The molecule has 0 unspecified atom stereocenters. The van der Waals surface area contributed by atoms with Gasteiger partial charge in [0.15, 0.2) is 11.3 Å². The summed E-state index contributed by atoms with van der Waals surface area (Å²) in [6.45, 7) is 0. The van der Waals surface area contributed by atoms with Gasteiger partial charge in [0, 0.05) is 24.1 Å². The number of fused-ring (bicyclic) bond motifs is 1. The fourth-order valence-electron chi connectivity index (χ4n) is 1.74. The maximum atomic E-state index is 10.7. The van der Waals surface area contributed by atoms with Crippen molar-refractivity contribution in [2.24, 2.45) is 0 Å². The minimum absolute atomic E-state index is 0.0480. The highest BCUT2D eigenvalue weighted by molar-refractivity contribution is 7.80. The van der Waals surface area contributed by atoms with E-state index < -0.39 is 4.92 Å². The molecule has 0 saturated heterocycles. The highest BCUT2D eigenvalue weighted by Crippen LogP contribution is 2.28. The maximum Gasteiger partial charge on any atom is 0.282 e. The van der Waals surface area contributed by atoms with Crippen LogP contribution in [0.25, 0.3) is 11.2 Å². The van der Waals surface area contributed by atoms with Gasteiger partial charge in [0.2, 0.25) is 5.65 Å². The molecule has 2 N–H and O–H groups in total. The number of anilines is 2. The molecule has 20 heavy (non-hydrogen) atoms. The molecular weight excluding hydrogens is 280 g/mol. The quantitative estimate of drug-likeness (QED) is 0.387. The van der Waals surface area contributed by atoms with Crippen molar-refractivity contribution in [1.29, 1.82) is 0 Å². The van der Waals surface area contributed by atoms with Gasteiger partial charge in [0.05, 0.1) is 9.82 Å². The summed E-state index contributed by atoms with van der Waals surface area (Å²) in [6, 6.07) is 4.53. The predicted molar refractivity (Wildman–Crippen MR) is 75.3 cm³/mol. The lowest BCUT2D eigenvalue weighted by molar-refractivity contribution is -0.387. The highest BCUT2D eigenvalue weighted by Gasteiger charge is 2.12. The van der Waals surface area contributed by atoms with Crippen LogP contribution in [0, 0.1) is 10.1 Å². The van der Waals surface area contributed by atoms with Gasteiger partial charge in [-0.1, -0.05) is 0 Å². The Balaban J connectivity index is 1.95. The minimum atomic E-state index is -0.483. The summed E-state index contributed by atoms with van der Waals surface area (Å²) in [6.07, 6.45) is 3.10. The topological polar surface area (TPSA) is 110 Å². The molecule has 0 aliphatic rings. The van der Waals surface area contributed by atoms with Gasteiger partial charge in [0.25, 0.3) is 5.69 Å².